The molecule has 0 unspecified atom stereocenters. The Labute approximate surface area is 292 Å². The molecule has 4 aromatic carbocycles. The number of sulfonamides is 1. The van der Waals surface area contributed by atoms with Crippen molar-refractivity contribution in [2.24, 2.45) is 0 Å². The van der Waals surface area contributed by atoms with E-state index in [-0.39, 0.29) is 29.8 Å². The Morgan fingerprint density at radius 3 is 2.10 bits per heavy atom. The van der Waals surface area contributed by atoms with Gasteiger partial charge in [0, 0.05) is 19.0 Å². The van der Waals surface area contributed by atoms with E-state index in [2.05, 4.69) is 21.2 Å². The Hall–Kier alpha value is -4.15. The number of nitrogens with zero attached hydrogens (tertiary/aromatic N) is 2. The maximum atomic E-state index is 14.7. The molecule has 0 saturated heterocycles. The van der Waals surface area contributed by atoms with Crippen LogP contribution >= 0.6 is 15.9 Å². The van der Waals surface area contributed by atoms with Crippen LogP contribution in [0, 0.1) is 6.92 Å². The number of carbonyl (C=O) groups is 2. The molecule has 0 spiro atoms. The van der Waals surface area contributed by atoms with Gasteiger partial charge in [0.1, 0.15) is 18.3 Å². The van der Waals surface area contributed by atoms with Crippen molar-refractivity contribution < 1.29 is 22.7 Å². The lowest BCUT2D eigenvalue weighted by atomic mass is 9.94. The van der Waals surface area contributed by atoms with E-state index in [9.17, 15) is 18.0 Å². The molecule has 252 valence electrons. The zero-order valence-electron chi connectivity index (χ0n) is 27.3. The largest absolute Gasteiger partial charge is 0.496 e. The van der Waals surface area contributed by atoms with Crippen molar-refractivity contribution >= 4 is 43.5 Å². The molecule has 0 aromatic heterocycles. The minimum Gasteiger partial charge on any atom is -0.496 e. The number of hydrogen-bond donors (Lipinski definition) is 1. The van der Waals surface area contributed by atoms with Gasteiger partial charge in [0.25, 0.3) is 10.0 Å². The predicted molar refractivity (Wildman–Crippen MR) is 192 cm³/mol. The zero-order valence-corrected chi connectivity index (χ0v) is 29.8. The summed E-state index contributed by atoms with van der Waals surface area (Å²) in [6, 6.07) is 29.8. The number of hydrogen-bond acceptors (Lipinski definition) is 5. The molecule has 4 aromatic rings. The van der Waals surface area contributed by atoms with Crippen molar-refractivity contribution in [3.63, 3.8) is 0 Å². The second kappa shape index (κ2) is 16.3. The summed E-state index contributed by atoms with van der Waals surface area (Å²) in [6.07, 6.45) is 5.31. The van der Waals surface area contributed by atoms with Gasteiger partial charge in [-0.3, -0.25) is 13.9 Å². The SMILES string of the molecule is COc1ccc(S(=O)(=O)N(CC(=O)N(Cc2ccccc2)[C@H](Cc2ccccc2)C(=O)NC2CCCCC2)c2ccc(C)cc2)cc1Br. The van der Waals surface area contributed by atoms with Crippen LogP contribution in [-0.2, 0) is 32.6 Å². The lowest BCUT2D eigenvalue weighted by Crippen LogP contribution is -2.55. The molecule has 5 rings (SSSR count). The monoisotopic (exact) mass is 731 g/mol. The Morgan fingerprint density at radius 2 is 1.50 bits per heavy atom. The highest BCUT2D eigenvalue weighted by Gasteiger charge is 2.35. The Morgan fingerprint density at radius 1 is 0.875 bits per heavy atom. The molecule has 1 aliphatic carbocycles. The predicted octanol–water partition coefficient (Wildman–Crippen LogP) is 7.05. The van der Waals surface area contributed by atoms with Crippen molar-refractivity contribution in [2.75, 3.05) is 18.0 Å². The topological polar surface area (TPSA) is 96.0 Å². The smallest absolute Gasteiger partial charge is 0.264 e. The van der Waals surface area contributed by atoms with Crippen LogP contribution in [0.15, 0.2) is 112 Å². The van der Waals surface area contributed by atoms with Gasteiger partial charge >= 0.3 is 0 Å². The average Bonchev–Trinajstić information content (AvgIpc) is 3.10. The molecule has 0 heterocycles. The van der Waals surface area contributed by atoms with Crippen molar-refractivity contribution in [3.05, 3.63) is 124 Å². The molecule has 1 aliphatic rings. The summed E-state index contributed by atoms with van der Waals surface area (Å²) in [4.78, 5) is 30.4. The summed E-state index contributed by atoms with van der Waals surface area (Å²) < 4.78 is 35.6. The third-order valence-corrected chi connectivity index (χ3v) is 11.1. The molecular formula is C38H42BrN3O5S. The van der Waals surface area contributed by atoms with Gasteiger partial charge in [-0.25, -0.2) is 8.42 Å². The van der Waals surface area contributed by atoms with Gasteiger partial charge in [-0.15, -0.1) is 0 Å². The van der Waals surface area contributed by atoms with Crippen LogP contribution in [-0.4, -0.2) is 50.9 Å². The van der Waals surface area contributed by atoms with Gasteiger partial charge in [-0.05, 0) is 77.2 Å². The number of rotatable bonds is 13. The number of carbonyl (C=O) groups excluding carboxylic acids is 2. The summed E-state index contributed by atoms with van der Waals surface area (Å²) in [5, 5.41) is 3.24. The molecule has 0 aliphatic heterocycles. The molecule has 1 N–H and O–H groups in total. The number of amides is 2. The van der Waals surface area contributed by atoms with Gasteiger partial charge in [0.05, 0.1) is 22.2 Å². The summed E-state index contributed by atoms with van der Waals surface area (Å²) in [6.45, 7) is 1.53. The summed E-state index contributed by atoms with van der Waals surface area (Å²) in [7, 11) is -2.74. The number of nitrogens with one attached hydrogen (secondary N) is 1. The third kappa shape index (κ3) is 8.85. The van der Waals surface area contributed by atoms with Crippen LogP contribution in [0.5, 0.6) is 5.75 Å². The highest BCUT2D eigenvalue weighted by Crippen LogP contribution is 2.31. The lowest BCUT2D eigenvalue weighted by molar-refractivity contribution is -0.140. The quantitative estimate of drug-likeness (QED) is 0.159. The van der Waals surface area contributed by atoms with Gasteiger partial charge in [0.2, 0.25) is 11.8 Å². The fourth-order valence-corrected chi connectivity index (χ4v) is 8.19. The maximum Gasteiger partial charge on any atom is 0.264 e. The highest BCUT2D eigenvalue weighted by molar-refractivity contribution is 9.10. The van der Waals surface area contributed by atoms with Crippen LogP contribution in [0.4, 0.5) is 5.69 Å². The zero-order chi connectivity index (χ0) is 34.1. The van der Waals surface area contributed by atoms with E-state index < -0.39 is 28.5 Å². The Bertz CT molecular complexity index is 1780. The first-order valence-corrected chi connectivity index (χ1v) is 18.5. The maximum absolute atomic E-state index is 14.7. The normalized spacial score (nSPS) is 14.1. The van der Waals surface area contributed by atoms with Crippen molar-refractivity contribution in [3.8, 4) is 5.75 Å². The molecule has 0 radical (unpaired) electrons. The molecule has 8 nitrogen and oxygen atoms in total. The second-order valence-electron chi connectivity index (χ2n) is 12.2. The fourth-order valence-electron chi connectivity index (χ4n) is 6.05. The van der Waals surface area contributed by atoms with Crippen LogP contribution in [0.2, 0.25) is 0 Å². The number of aryl methyl sites for hydroxylation is 1. The number of anilines is 1. The van der Waals surface area contributed by atoms with Gasteiger partial charge in [-0.2, -0.15) is 0 Å². The first kappa shape index (κ1) is 35.2. The molecule has 1 saturated carbocycles. The van der Waals surface area contributed by atoms with Crippen LogP contribution in [0.25, 0.3) is 0 Å². The van der Waals surface area contributed by atoms with Gasteiger partial charge in [0.15, 0.2) is 0 Å². The first-order valence-electron chi connectivity index (χ1n) is 16.3. The molecule has 1 atom stereocenters. The third-order valence-electron chi connectivity index (χ3n) is 8.73. The van der Waals surface area contributed by atoms with Gasteiger partial charge in [-0.1, -0.05) is 97.6 Å². The highest BCUT2D eigenvalue weighted by atomic mass is 79.9. The van der Waals surface area contributed by atoms with Crippen molar-refractivity contribution in [2.45, 2.75) is 69.0 Å². The number of halogens is 1. The van der Waals surface area contributed by atoms with E-state index in [4.69, 9.17) is 4.74 Å². The molecule has 0 bridgehead atoms. The summed E-state index contributed by atoms with van der Waals surface area (Å²) >= 11 is 3.41. The van der Waals surface area contributed by atoms with Crippen molar-refractivity contribution in [1.29, 1.82) is 0 Å². The number of benzene rings is 4. The van der Waals surface area contributed by atoms with Crippen LogP contribution in [0.3, 0.4) is 0 Å². The average molecular weight is 733 g/mol. The van der Waals surface area contributed by atoms with E-state index >= 15 is 0 Å². The molecule has 10 heteroatoms. The molecule has 48 heavy (non-hydrogen) atoms. The second-order valence-corrected chi connectivity index (χ2v) is 14.9. The minimum atomic E-state index is -4.24. The number of ether oxygens (including phenoxy) is 1. The van der Waals surface area contributed by atoms with E-state index in [0.717, 1.165) is 53.1 Å². The van der Waals surface area contributed by atoms with E-state index in [1.54, 1.807) is 23.1 Å². The molecular weight excluding hydrogens is 690 g/mol. The first-order chi connectivity index (χ1) is 23.2. The molecule has 1 fully saturated rings. The van der Waals surface area contributed by atoms with E-state index in [0.29, 0.717) is 15.9 Å². The number of methoxy groups -OCH3 is 1. The standard InChI is InChI=1S/C38H42BrN3O5S/c1-28-18-20-32(21-19-28)42(48(45,46)33-22-23-36(47-2)34(39)25-33)27-37(43)41(26-30-14-8-4-9-15-30)35(24-29-12-6-3-7-13-29)38(44)40-31-16-10-5-11-17-31/h3-4,6-9,12-15,18-23,25,31,35H,5,10-11,16-17,24,26-27H2,1-2H3,(H,40,44)/t35-/m1/s1. The van der Waals surface area contributed by atoms with Crippen LogP contribution in [0.1, 0.15) is 48.8 Å². The Balaban J connectivity index is 1.56. The van der Waals surface area contributed by atoms with E-state index in [1.165, 1.54) is 19.2 Å². The fraction of sp³-hybridized carbons (Fsp3) is 0.316. The van der Waals surface area contributed by atoms with Crippen LogP contribution < -0.4 is 14.4 Å². The lowest BCUT2D eigenvalue weighted by Gasteiger charge is -2.35. The van der Waals surface area contributed by atoms with Gasteiger partial charge < -0.3 is 15.0 Å². The minimum absolute atomic E-state index is 0.00552. The van der Waals surface area contributed by atoms with Crippen molar-refractivity contribution in [1.82, 2.24) is 10.2 Å². The van der Waals surface area contributed by atoms with E-state index in [1.807, 2.05) is 79.7 Å². The Kier molecular flexibility index (Phi) is 11.9. The molecule has 2 amide bonds. The summed E-state index contributed by atoms with van der Waals surface area (Å²) in [5.74, 6) is -0.247. The summed E-state index contributed by atoms with van der Waals surface area (Å²) in [5.41, 5.74) is 3.02.